The molecular weight excluding hydrogens is 252 g/mol. The molecule has 0 atom stereocenters. The summed E-state index contributed by atoms with van der Waals surface area (Å²) >= 11 is 0. The molecule has 2 N–H and O–H groups in total. The predicted octanol–water partition coefficient (Wildman–Crippen LogP) is 2.18. The van der Waals surface area contributed by atoms with Crippen molar-refractivity contribution in [1.29, 1.82) is 0 Å². The highest BCUT2D eigenvalue weighted by Crippen LogP contribution is 2.29. The molecule has 1 rings (SSSR count). The SMILES string of the molecule is C=CCNCc1ccc(N(CC)CCO)c(OCC)c1. The van der Waals surface area contributed by atoms with Gasteiger partial charge >= 0.3 is 0 Å². The Labute approximate surface area is 122 Å². The first-order chi connectivity index (χ1) is 9.76. The van der Waals surface area contributed by atoms with Gasteiger partial charge in [0.2, 0.25) is 0 Å². The van der Waals surface area contributed by atoms with Crippen LogP contribution in [0.15, 0.2) is 30.9 Å². The minimum Gasteiger partial charge on any atom is -0.492 e. The Balaban J connectivity index is 2.90. The van der Waals surface area contributed by atoms with Gasteiger partial charge in [-0.15, -0.1) is 6.58 Å². The molecule has 112 valence electrons. The van der Waals surface area contributed by atoms with Crippen molar-refractivity contribution in [3.8, 4) is 5.75 Å². The van der Waals surface area contributed by atoms with Crippen LogP contribution in [0, 0.1) is 0 Å². The van der Waals surface area contributed by atoms with Crippen molar-refractivity contribution >= 4 is 5.69 Å². The number of aliphatic hydroxyl groups excluding tert-OH is 1. The normalized spacial score (nSPS) is 10.3. The molecule has 0 aliphatic rings. The molecule has 4 nitrogen and oxygen atoms in total. The van der Waals surface area contributed by atoms with E-state index in [0.717, 1.165) is 31.1 Å². The number of anilines is 1. The summed E-state index contributed by atoms with van der Waals surface area (Å²) in [7, 11) is 0. The minimum absolute atomic E-state index is 0.141. The minimum atomic E-state index is 0.141. The molecule has 4 heteroatoms. The molecule has 0 amide bonds. The Morgan fingerprint density at radius 1 is 1.40 bits per heavy atom. The fourth-order valence-electron chi connectivity index (χ4n) is 2.09. The lowest BCUT2D eigenvalue weighted by Gasteiger charge is -2.25. The van der Waals surface area contributed by atoms with Crippen molar-refractivity contribution < 1.29 is 9.84 Å². The summed E-state index contributed by atoms with van der Waals surface area (Å²) in [5.74, 6) is 0.876. The summed E-state index contributed by atoms with van der Waals surface area (Å²) in [5.41, 5.74) is 2.22. The first-order valence-corrected chi connectivity index (χ1v) is 7.19. The van der Waals surface area contributed by atoms with E-state index in [9.17, 15) is 0 Å². The summed E-state index contributed by atoms with van der Waals surface area (Å²) in [6.07, 6.45) is 1.85. The van der Waals surface area contributed by atoms with Crippen molar-refractivity contribution in [1.82, 2.24) is 5.32 Å². The third kappa shape index (κ3) is 4.87. The zero-order valence-electron chi connectivity index (χ0n) is 12.6. The second-order valence-corrected chi connectivity index (χ2v) is 4.46. The molecule has 0 radical (unpaired) electrons. The number of rotatable bonds is 10. The zero-order chi connectivity index (χ0) is 14.8. The average Bonchev–Trinajstić information content (AvgIpc) is 2.46. The van der Waals surface area contributed by atoms with Gasteiger partial charge in [-0.05, 0) is 31.5 Å². The van der Waals surface area contributed by atoms with E-state index in [1.807, 2.05) is 13.0 Å². The fourth-order valence-corrected chi connectivity index (χ4v) is 2.09. The molecule has 0 aliphatic heterocycles. The Morgan fingerprint density at radius 3 is 2.80 bits per heavy atom. The summed E-state index contributed by atoms with van der Waals surface area (Å²) in [5, 5.41) is 12.4. The predicted molar refractivity (Wildman–Crippen MR) is 84.5 cm³/mol. The van der Waals surface area contributed by atoms with Crippen molar-refractivity contribution in [2.45, 2.75) is 20.4 Å². The van der Waals surface area contributed by atoms with E-state index < -0.39 is 0 Å². The molecule has 1 aromatic rings. The summed E-state index contributed by atoms with van der Waals surface area (Å²) in [4.78, 5) is 2.12. The molecule has 0 aromatic heterocycles. The van der Waals surface area contributed by atoms with Gasteiger partial charge in [0.15, 0.2) is 0 Å². The van der Waals surface area contributed by atoms with Crippen LogP contribution in [0.2, 0.25) is 0 Å². The van der Waals surface area contributed by atoms with Gasteiger partial charge in [0.1, 0.15) is 5.75 Å². The maximum atomic E-state index is 9.15. The van der Waals surface area contributed by atoms with Crippen molar-refractivity contribution in [3.05, 3.63) is 36.4 Å². The fraction of sp³-hybridized carbons (Fsp3) is 0.500. The molecular formula is C16H26N2O2. The highest BCUT2D eigenvalue weighted by molar-refractivity contribution is 5.59. The molecule has 0 bridgehead atoms. The number of likely N-dealkylation sites (N-methyl/N-ethyl adjacent to an activating group) is 1. The summed E-state index contributed by atoms with van der Waals surface area (Å²) < 4.78 is 5.74. The first kappa shape index (κ1) is 16.5. The summed E-state index contributed by atoms with van der Waals surface area (Å²) in [6.45, 7) is 11.6. The Hall–Kier alpha value is -1.52. The highest BCUT2D eigenvalue weighted by Gasteiger charge is 2.11. The lowest BCUT2D eigenvalue weighted by Crippen LogP contribution is -2.26. The summed E-state index contributed by atoms with van der Waals surface area (Å²) in [6, 6.07) is 6.22. The van der Waals surface area contributed by atoms with Crippen molar-refractivity contribution in [2.75, 3.05) is 37.7 Å². The van der Waals surface area contributed by atoms with E-state index in [4.69, 9.17) is 9.84 Å². The molecule has 0 fully saturated rings. The Morgan fingerprint density at radius 2 is 2.20 bits per heavy atom. The third-order valence-electron chi connectivity index (χ3n) is 3.03. The van der Waals surface area contributed by atoms with Gasteiger partial charge in [0.05, 0.1) is 18.9 Å². The molecule has 0 heterocycles. The van der Waals surface area contributed by atoms with Crippen LogP contribution < -0.4 is 15.0 Å². The van der Waals surface area contributed by atoms with Gasteiger partial charge in [-0.25, -0.2) is 0 Å². The maximum absolute atomic E-state index is 9.15. The number of hydrogen-bond acceptors (Lipinski definition) is 4. The van der Waals surface area contributed by atoms with Gasteiger partial charge < -0.3 is 20.1 Å². The molecule has 20 heavy (non-hydrogen) atoms. The van der Waals surface area contributed by atoms with Crippen LogP contribution in [0.5, 0.6) is 5.75 Å². The van der Waals surface area contributed by atoms with Crippen LogP contribution in [0.25, 0.3) is 0 Å². The number of aliphatic hydroxyl groups is 1. The standard InChI is InChI=1S/C16H26N2O2/c1-4-9-17-13-14-7-8-15(16(12-14)20-6-3)18(5-2)10-11-19/h4,7-8,12,17,19H,1,5-6,9-11,13H2,2-3H3. The number of nitrogens with one attached hydrogen (secondary N) is 1. The molecule has 0 saturated carbocycles. The molecule has 0 spiro atoms. The van der Waals surface area contributed by atoms with E-state index >= 15 is 0 Å². The lowest BCUT2D eigenvalue weighted by molar-refractivity contribution is 0.300. The van der Waals surface area contributed by atoms with Crippen LogP contribution >= 0.6 is 0 Å². The van der Waals surface area contributed by atoms with Gasteiger partial charge in [0, 0.05) is 26.2 Å². The third-order valence-corrected chi connectivity index (χ3v) is 3.03. The smallest absolute Gasteiger partial charge is 0.142 e. The van der Waals surface area contributed by atoms with E-state index in [2.05, 4.69) is 41.9 Å². The van der Waals surface area contributed by atoms with Crippen LogP contribution in [0.3, 0.4) is 0 Å². The van der Waals surface area contributed by atoms with Gasteiger partial charge in [-0.1, -0.05) is 12.1 Å². The monoisotopic (exact) mass is 278 g/mol. The van der Waals surface area contributed by atoms with Gasteiger partial charge in [-0.3, -0.25) is 0 Å². The second-order valence-electron chi connectivity index (χ2n) is 4.46. The topological polar surface area (TPSA) is 44.7 Å². The Bertz CT molecular complexity index is 407. The number of nitrogens with zero attached hydrogens (tertiary/aromatic N) is 1. The van der Waals surface area contributed by atoms with E-state index in [-0.39, 0.29) is 6.61 Å². The van der Waals surface area contributed by atoms with E-state index in [1.165, 1.54) is 5.56 Å². The van der Waals surface area contributed by atoms with Crippen molar-refractivity contribution in [3.63, 3.8) is 0 Å². The Kier molecular flexibility index (Phi) is 7.77. The quantitative estimate of drug-likeness (QED) is 0.508. The van der Waals surface area contributed by atoms with Gasteiger partial charge in [-0.2, -0.15) is 0 Å². The van der Waals surface area contributed by atoms with E-state index in [0.29, 0.717) is 13.2 Å². The van der Waals surface area contributed by atoms with Crippen LogP contribution in [0.1, 0.15) is 19.4 Å². The van der Waals surface area contributed by atoms with Crippen molar-refractivity contribution in [2.24, 2.45) is 0 Å². The average molecular weight is 278 g/mol. The van der Waals surface area contributed by atoms with Gasteiger partial charge in [0.25, 0.3) is 0 Å². The first-order valence-electron chi connectivity index (χ1n) is 7.19. The zero-order valence-corrected chi connectivity index (χ0v) is 12.6. The van der Waals surface area contributed by atoms with Crippen LogP contribution in [0.4, 0.5) is 5.69 Å². The molecule has 1 aromatic carbocycles. The number of ether oxygens (including phenoxy) is 1. The van der Waals surface area contributed by atoms with E-state index in [1.54, 1.807) is 0 Å². The number of benzene rings is 1. The largest absolute Gasteiger partial charge is 0.492 e. The lowest BCUT2D eigenvalue weighted by atomic mass is 10.1. The van der Waals surface area contributed by atoms with Crippen LogP contribution in [-0.2, 0) is 6.54 Å². The second kappa shape index (κ2) is 9.39. The molecule has 0 saturated heterocycles. The maximum Gasteiger partial charge on any atom is 0.142 e. The van der Waals surface area contributed by atoms with Crippen LogP contribution in [-0.4, -0.2) is 38.0 Å². The molecule has 0 aliphatic carbocycles. The number of hydrogen-bond donors (Lipinski definition) is 2. The highest BCUT2D eigenvalue weighted by atomic mass is 16.5. The molecule has 0 unspecified atom stereocenters.